The molecule has 0 spiro atoms. The molecule has 1 aliphatic heterocycles. The van der Waals surface area contributed by atoms with E-state index < -0.39 is 5.82 Å². The predicted octanol–water partition coefficient (Wildman–Crippen LogP) is 2.82. The van der Waals surface area contributed by atoms with Crippen molar-refractivity contribution in [1.82, 2.24) is 24.9 Å². The Morgan fingerprint density at radius 2 is 2.13 bits per heavy atom. The van der Waals surface area contributed by atoms with Crippen molar-refractivity contribution < 1.29 is 9.18 Å². The van der Waals surface area contributed by atoms with E-state index in [1.807, 2.05) is 11.0 Å². The summed E-state index contributed by atoms with van der Waals surface area (Å²) in [6.45, 7) is 2.78. The second-order valence-corrected chi connectivity index (χ2v) is 8.68. The molecule has 1 unspecified atom stereocenters. The molecule has 9 heteroatoms. The molecule has 31 heavy (non-hydrogen) atoms. The molecule has 1 aliphatic carbocycles. The first-order valence-electron chi connectivity index (χ1n) is 10.8. The van der Waals surface area contributed by atoms with E-state index in [4.69, 9.17) is 4.98 Å². The van der Waals surface area contributed by atoms with Crippen molar-refractivity contribution in [2.45, 2.75) is 51.1 Å². The fourth-order valence-electron chi connectivity index (χ4n) is 4.83. The molecule has 2 fully saturated rings. The number of amides is 1. The number of rotatable bonds is 4. The summed E-state index contributed by atoms with van der Waals surface area (Å²) in [6.07, 6.45) is 9.36. The first-order chi connectivity index (χ1) is 15.0. The van der Waals surface area contributed by atoms with E-state index in [-0.39, 0.29) is 23.6 Å². The van der Waals surface area contributed by atoms with Crippen LogP contribution in [0.25, 0.3) is 5.65 Å². The number of fused-ring (bicyclic) bond motifs is 1. The van der Waals surface area contributed by atoms with Crippen LogP contribution >= 0.6 is 0 Å². The molecule has 1 amide bonds. The van der Waals surface area contributed by atoms with Crippen molar-refractivity contribution in [2.75, 3.05) is 11.4 Å². The normalized spacial score (nSPS) is 21.8. The molecule has 0 radical (unpaired) electrons. The number of nitrogens with zero attached hydrogens (tertiary/aromatic N) is 4. The van der Waals surface area contributed by atoms with Gasteiger partial charge in [-0.2, -0.15) is 5.10 Å². The van der Waals surface area contributed by atoms with Crippen LogP contribution in [0.15, 0.2) is 35.5 Å². The Balaban J connectivity index is 1.49. The Kier molecular flexibility index (Phi) is 4.95. The number of anilines is 1. The zero-order valence-corrected chi connectivity index (χ0v) is 17.3. The van der Waals surface area contributed by atoms with Gasteiger partial charge in [0.2, 0.25) is 0 Å². The summed E-state index contributed by atoms with van der Waals surface area (Å²) < 4.78 is 15.4. The van der Waals surface area contributed by atoms with Gasteiger partial charge in [0.05, 0.1) is 12.2 Å². The lowest BCUT2D eigenvalue weighted by molar-refractivity contribution is 0.0939. The van der Waals surface area contributed by atoms with Crippen LogP contribution in [-0.4, -0.2) is 38.1 Å². The first-order valence-corrected chi connectivity index (χ1v) is 10.8. The second kappa shape index (κ2) is 7.79. The lowest BCUT2D eigenvalue weighted by Gasteiger charge is -2.25. The molecule has 4 heterocycles. The molecule has 1 saturated heterocycles. The summed E-state index contributed by atoms with van der Waals surface area (Å²) in [5, 5.41) is 7.35. The highest BCUT2D eigenvalue weighted by molar-refractivity contribution is 5.99. The van der Waals surface area contributed by atoms with Crippen molar-refractivity contribution in [3.8, 4) is 0 Å². The number of aromatic amines is 1. The Labute approximate surface area is 178 Å². The average Bonchev–Trinajstić information content (AvgIpc) is 3.49. The van der Waals surface area contributed by atoms with Crippen LogP contribution in [0.3, 0.4) is 0 Å². The quantitative estimate of drug-likeness (QED) is 0.672. The average molecular weight is 424 g/mol. The van der Waals surface area contributed by atoms with Gasteiger partial charge in [-0.25, -0.2) is 13.9 Å². The Hall–Kier alpha value is -3.23. The second-order valence-electron chi connectivity index (χ2n) is 8.68. The standard InChI is InChI=1S/C22H25FN6O2/c1-13-8-18(16-9-14(23)10-24-21(16)30)28(12-13)19-6-7-29-20(27-19)17(11-25-29)22(31)26-15-4-2-3-5-15/h6-7,9-11,13,15,18H,2-5,8,12H2,1H3,(H,24,30)(H,26,31)/t13?,18-/m1/s1. The van der Waals surface area contributed by atoms with Crippen LogP contribution in [0.1, 0.15) is 61.0 Å². The fourth-order valence-corrected chi connectivity index (χ4v) is 4.83. The number of aromatic nitrogens is 4. The maximum absolute atomic E-state index is 13.8. The Morgan fingerprint density at radius 1 is 1.32 bits per heavy atom. The van der Waals surface area contributed by atoms with Crippen LogP contribution in [0, 0.1) is 11.7 Å². The van der Waals surface area contributed by atoms with Crippen molar-refractivity contribution in [1.29, 1.82) is 0 Å². The molecule has 2 aliphatic rings. The van der Waals surface area contributed by atoms with Gasteiger partial charge < -0.3 is 15.2 Å². The zero-order valence-electron chi connectivity index (χ0n) is 17.3. The molecule has 3 aromatic heterocycles. The summed E-state index contributed by atoms with van der Waals surface area (Å²) in [7, 11) is 0. The van der Waals surface area contributed by atoms with Crippen LogP contribution < -0.4 is 15.8 Å². The van der Waals surface area contributed by atoms with Gasteiger partial charge >= 0.3 is 0 Å². The molecule has 162 valence electrons. The molecule has 1 saturated carbocycles. The summed E-state index contributed by atoms with van der Waals surface area (Å²) >= 11 is 0. The highest BCUT2D eigenvalue weighted by Crippen LogP contribution is 2.37. The van der Waals surface area contributed by atoms with Gasteiger partial charge in [-0.15, -0.1) is 0 Å². The molecule has 0 bridgehead atoms. The fraction of sp³-hybridized carbons (Fsp3) is 0.455. The smallest absolute Gasteiger partial charge is 0.256 e. The SMILES string of the molecule is CC1C[C@H](c2cc(F)c[nH]c2=O)N(c2ccn3ncc(C(=O)NC4CCCC4)c3n2)C1. The summed E-state index contributed by atoms with van der Waals surface area (Å²) in [4.78, 5) is 34.4. The molecule has 5 rings (SSSR count). The lowest BCUT2D eigenvalue weighted by atomic mass is 10.0. The van der Waals surface area contributed by atoms with Crippen LogP contribution in [-0.2, 0) is 0 Å². The number of pyridine rings is 1. The largest absolute Gasteiger partial charge is 0.349 e. The first kappa shape index (κ1) is 19.7. The lowest BCUT2D eigenvalue weighted by Crippen LogP contribution is -2.32. The number of hydrogen-bond acceptors (Lipinski definition) is 5. The highest BCUT2D eigenvalue weighted by atomic mass is 19.1. The minimum atomic E-state index is -0.473. The monoisotopic (exact) mass is 424 g/mol. The van der Waals surface area contributed by atoms with Crippen molar-refractivity contribution in [2.24, 2.45) is 5.92 Å². The van der Waals surface area contributed by atoms with Crippen LogP contribution in [0.4, 0.5) is 10.2 Å². The van der Waals surface area contributed by atoms with Crippen LogP contribution in [0.2, 0.25) is 0 Å². The highest BCUT2D eigenvalue weighted by Gasteiger charge is 2.34. The number of carbonyl (C=O) groups is 1. The number of carbonyl (C=O) groups excluding carboxylic acids is 1. The number of H-pyrrole nitrogens is 1. The molecule has 8 nitrogen and oxygen atoms in total. The van der Waals surface area contributed by atoms with E-state index >= 15 is 0 Å². The molecule has 0 aromatic carbocycles. The minimum absolute atomic E-state index is 0.167. The summed E-state index contributed by atoms with van der Waals surface area (Å²) in [6, 6.07) is 3.03. The number of nitrogens with one attached hydrogen (secondary N) is 2. The van der Waals surface area contributed by atoms with E-state index in [9.17, 15) is 14.0 Å². The van der Waals surface area contributed by atoms with Gasteiger partial charge in [0.1, 0.15) is 17.2 Å². The van der Waals surface area contributed by atoms with E-state index in [0.29, 0.717) is 41.5 Å². The molecular formula is C22H25FN6O2. The van der Waals surface area contributed by atoms with Gasteiger partial charge in [0.15, 0.2) is 5.65 Å². The third-order valence-corrected chi connectivity index (χ3v) is 6.35. The van der Waals surface area contributed by atoms with Gasteiger partial charge in [-0.05, 0) is 37.3 Å². The van der Waals surface area contributed by atoms with Crippen molar-refractivity contribution in [3.63, 3.8) is 0 Å². The van der Waals surface area contributed by atoms with Gasteiger partial charge in [0.25, 0.3) is 11.5 Å². The molecule has 3 aromatic rings. The summed E-state index contributed by atoms with van der Waals surface area (Å²) in [5.41, 5.74) is 0.992. The molecular weight excluding hydrogens is 399 g/mol. The third-order valence-electron chi connectivity index (χ3n) is 6.35. The van der Waals surface area contributed by atoms with Crippen LogP contribution in [0.5, 0.6) is 0 Å². The molecule has 2 atom stereocenters. The Morgan fingerprint density at radius 3 is 2.94 bits per heavy atom. The van der Waals surface area contributed by atoms with E-state index in [1.54, 1.807) is 10.7 Å². The van der Waals surface area contributed by atoms with E-state index in [0.717, 1.165) is 31.9 Å². The van der Waals surface area contributed by atoms with Gasteiger partial charge in [-0.3, -0.25) is 9.59 Å². The number of halogens is 1. The molecule has 2 N–H and O–H groups in total. The van der Waals surface area contributed by atoms with Crippen molar-refractivity contribution in [3.05, 3.63) is 58.0 Å². The van der Waals surface area contributed by atoms with Crippen molar-refractivity contribution >= 4 is 17.4 Å². The summed E-state index contributed by atoms with van der Waals surface area (Å²) in [5.74, 6) is 0.306. The topological polar surface area (TPSA) is 95.4 Å². The predicted molar refractivity (Wildman–Crippen MR) is 114 cm³/mol. The number of hydrogen-bond donors (Lipinski definition) is 2. The Bertz CT molecular complexity index is 1180. The maximum atomic E-state index is 13.8. The van der Waals surface area contributed by atoms with Gasteiger partial charge in [0, 0.05) is 30.5 Å². The third kappa shape index (κ3) is 3.68. The minimum Gasteiger partial charge on any atom is -0.349 e. The van der Waals surface area contributed by atoms with E-state index in [2.05, 4.69) is 22.3 Å². The van der Waals surface area contributed by atoms with E-state index in [1.165, 1.54) is 12.3 Å². The van der Waals surface area contributed by atoms with Gasteiger partial charge in [-0.1, -0.05) is 19.8 Å². The zero-order chi connectivity index (χ0) is 21.5. The maximum Gasteiger partial charge on any atom is 0.256 e.